The van der Waals surface area contributed by atoms with Gasteiger partial charge in [-0.25, -0.2) is 0 Å². The molecular formula is C13H29N3O. The molecule has 0 radical (unpaired) electrons. The van der Waals surface area contributed by atoms with Crippen LogP contribution in [0.15, 0.2) is 0 Å². The van der Waals surface area contributed by atoms with Gasteiger partial charge >= 0.3 is 0 Å². The second-order valence-electron chi connectivity index (χ2n) is 5.56. The Labute approximate surface area is 106 Å². The topological polar surface area (TPSA) is 38.7 Å². The molecule has 3 unspecified atom stereocenters. The van der Waals surface area contributed by atoms with E-state index >= 15 is 0 Å². The van der Waals surface area contributed by atoms with Gasteiger partial charge in [0, 0.05) is 31.7 Å². The lowest BCUT2D eigenvalue weighted by Gasteiger charge is -2.24. The molecule has 1 fully saturated rings. The van der Waals surface area contributed by atoms with Crippen molar-refractivity contribution >= 4 is 0 Å². The van der Waals surface area contributed by atoms with Crippen molar-refractivity contribution in [3.8, 4) is 0 Å². The van der Waals surface area contributed by atoms with Gasteiger partial charge in [0.1, 0.15) is 0 Å². The monoisotopic (exact) mass is 243 g/mol. The van der Waals surface area contributed by atoms with E-state index in [1.54, 1.807) is 0 Å². The lowest BCUT2D eigenvalue weighted by Crippen LogP contribution is -2.43. The molecule has 1 aliphatic rings. The highest BCUT2D eigenvalue weighted by atomic mass is 16.3. The molecule has 102 valence electrons. The van der Waals surface area contributed by atoms with Gasteiger partial charge in [0.15, 0.2) is 0 Å². The Balaban J connectivity index is 2.36. The average molecular weight is 243 g/mol. The van der Waals surface area contributed by atoms with E-state index in [0.29, 0.717) is 6.04 Å². The number of nitrogens with one attached hydrogen (secondary N) is 1. The van der Waals surface area contributed by atoms with Gasteiger partial charge in [-0.05, 0) is 33.0 Å². The Morgan fingerprint density at radius 1 is 1.41 bits per heavy atom. The largest absolute Gasteiger partial charge is 0.395 e. The van der Waals surface area contributed by atoms with E-state index in [0.717, 1.165) is 38.5 Å². The molecule has 0 aliphatic carbocycles. The van der Waals surface area contributed by atoms with Gasteiger partial charge in [-0.15, -0.1) is 0 Å². The van der Waals surface area contributed by atoms with Crippen LogP contribution in [0, 0.1) is 5.92 Å². The predicted molar refractivity (Wildman–Crippen MR) is 72.2 cm³/mol. The quantitative estimate of drug-likeness (QED) is 0.671. The average Bonchev–Trinajstić information content (AvgIpc) is 2.65. The van der Waals surface area contributed by atoms with Crippen molar-refractivity contribution in [2.75, 3.05) is 46.9 Å². The summed E-state index contributed by atoms with van der Waals surface area (Å²) in [7, 11) is 4.31. The van der Waals surface area contributed by atoms with E-state index in [1.165, 1.54) is 0 Å². The van der Waals surface area contributed by atoms with E-state index < -0.39 is 0 Å². The van der Waals surface area contributed by atoms with E-state index in [4.69, 9.17) is 0 Å². The zero-order valence-corrected chi connectivity index (χ0v) is 11.8. The third-order valence-corrected chi connectivity index (χ3v) is 3.69. The molecule has 0 saturated carbocycles. The van der Waals surface area contributed by atoms with Crippen LogP contribution in [-0.2, 0) is 0 Å². The molecule has 1 rings (SSSR count). The highest BCUT2D eigenvalue weighted by molar-refractivity contribution is 4.88. The Hall–Kier alpha value is -0.160. The van der Waals surface area contributed by atoms with Crippen LogP contribution in [0.25, 0.3) is 0 Å². The predicted octanol–water partition coefficient (Wildman–Crippen LogP) is 0.229. The number of nitrogens with zero attached hydrogens (tertiary/aromatic N) is 2. The molecule has 0 spiro atoms. The molecule has 3 atom stereocenters. The van der Waals surface area contributed by atoms with Crippen LogP contribution in [0.2, 0.25) is 0 Å². The van der Waals surface area contributed by atoms with Crippen LogP contribution in [0.4, 0.5) is 0 Å². The summed E-state index contributed by atoms with van der Waals surface area (Å²) in [6, 6.07) is 0.878. The van der Waals surface area contributed by atoms with Crippen LogP contribution in [-0.4, -0.2) is 73.9 Å². The highest BCUT2D eigenvalue weighted by Gasteiger charge is 2.31. The molecule has 0 aromatic carbocycles. The normalized spacial score (nSPS) is 27.9. The van der Waals surface area contributed by atoms with Crippen LogP contribution < -0.4 is 5.32 Å². The molecule has 4 nitrogen and oxygen atoms in total. The molecule has 1 aliphatic heterocycles. The van der Waals surface area contributed by atoms with Crippen molar-refractivity contribution in [1.29, 1.82) is 0 Å². The molecule has 4 heteroatoms. The number of hydrogen-bond acceptors (Lipinski definition) is 4. The first-order chi connectivity index (χ1) is 8.08. The van der Waals surface area contributed by atoms with Crippen LogP contribution in [0.1, 0.15) is 20.3 Å². The highest BCUT2D eigenvalue weighted by Crippen LogP contribution is 2.19. The maximum absolute atomic E-state index is 9.35. The maximum Gasteiger partial charge on any atom is 0.0597 e. The molecule has 2 N–H and O–H groups in total. The SMILES string of the molecule is CCCNC(CO)CN1CC(C)C(N(C)C)C1. The Kier molecular flexibility index (Phi) is 6.41. The lowest BCUT2D eigenvalue weighted by molar-refractivity contribution is 0.191. The van der Waals surface area contributed by atoms with E-state index in [1.807, 2.05) is 0 Å². The summed E-state index contributed by atoms with van der Waals surface area (Å²) >= 11 is 0. The molecule has 17 heavy (non-hydrogen) atoms. The van der Waals surface area contributed by atoms with Crippen LogP contribution >= 0.6 is 0 Å². The number of likely N-dealkylation sites (N-methyl/N-ethyl adjacent to an activating group) is 1. The van der Waals surface area contributed by atoms with Crippen LogP contribution in [0.3, 0.4) is 0 Å². The second-order valence-corrected chi connectivity index (χ2v) is 5.56. The molecule has 0 aromatic rings. The van der Waals surface area contributed by atoms with Crippen molar-refractivity contribution in [2.45, 2.75) is 32.4 Å². The summed E-state index contributed by atoms with van der Waals surface area (Å²) in [5.41, 5.74) is 0. The van der Waals surface area contributed by atoms with Gasteiger partial charge in [-0.1, -0.05) is 13.8 Å². The second kappa shape index (κ2) is 7.31. The first-order valence-corrected chi connectivity index (χ1v) is 6.81. The van der Waals surface area contributed by atoms with Gasteiger partial charge in [-0.3, -0.25) is 4.90 Å². The number of aliphatic hydroxyl groups excluding tert-OH is 1. The van der Waals surface area contributed by atoms with Gasteiger partial charge in [0.05, 0.1) is 6.61 Å². The maximum atomic E-state index is 9.35. The first-order valence-electron chi connectivity index (χ1n) is 6.81. The molecule has 0 aromatic heterocycles. The van der Waals surface area contributed by atoms with Crippen molar-refractivity contribution in [1.82, 2.24) is 15.1 Å². The van der Waals surface area contributed by atoms with E-state index in [9.17, 15) is 5.11 Å². The summed E-state index contributed by atoms with van der Waals surface area (Å²) in [4.78, 5) is 4.79. The minimum Gasteiger partial charge on any atom is -0.395 e. The fourth-order valence-electron chi connectivity index (χ4n) is 2.72. The number of rotatable bonds is 7. The Morgan fingerprint density at radius 2 is 2.12 bits per heavy atom. The molecular weight excluding hydrogens is 214 g/mol. The summed E-state index contributed by atoms with van der Waals surface area (Å²) in [5.74, 6) is 0.718. The van der Waals surface area contributed by atoms with Crippen molar-refractivity contribution in [3.63, 3.8) is 0 Å². The minimum atomic E-state index is 0.225. The van der Waals surface area contributed by atoms with Gasteiger partial charge in [-0.2, -0.15) is 0 Å². The lowest BCUT2D eigenvalue weighted by atomic mass is 10.1. The Bertz CT molecular complexity index is 211. The Morgan fingerprint density at radius 3 is 2.59 bits per heavy atom. The third kappa shape index (κ3) is 4.54. The number of hydrogen-bond donors (Lipinski definition) is 2. The minimum absolute atomic E-state index is 0.225. The summed E-state index contributed by atoms with van der Waals surface area (Å²) in [5, 5.41) is 12.8. The summed E-state index contributed by atoms with van der Waals surface area (Å²) < 4.78 is 0. The van der Waals surface area contributed by atoms with E-state index in [-0.39, 0.29) is 12.6 Å². The standard InChI is InChI=1S/C13H29N3O/c1-5-6-14-12(10-17)8-16-7-11(2)13(9-16)15(3)4/h11-14,17H,5-10H2,1-4H3. The van der Waals surface area contributed by atoms with Crippen LogP contribution in [0.5, 0.6) is 0 Å². The number of likely N-dealkylation sites (tertiary alicyclic amines) is 1. The fourth-order valence-corrected chi connectivity index (χ4v) is 2.72. The molecule has 1 saturated heterocycles. The van der Waals surface area contributed by atoms with E-state index in [2.05, 4.69) is 43.1 Å². The van der Waals surface area contributed by atoms with Gasteiger partial charge in [0.25, 0.3) is 0 Å². The van der Waals surface area contributed by atoms with Crippen molar-refractivity contribution < 1.29 is 5.11 Å². The summed E-state index contributed by atoms with van der Waals surface area (Å²) in [6.45, 7) is 8.93. The summed E-state index contributed by atoms with van der Waals surface area (Å²) in [6.07, 6.45) is 1.12. The van der Waals surface area contributed by atoms with Gasteiger partial charge in [0.2, 0.25) is 0 Å². The first kappa shape index (κ1) is 14.9. The third-order valence-electron chi connectivity index (χ3n) is 3.69. The van der Waals surface area contributed by atoms with Crippen molar-refractivity contribution in [3.05, 3.63) is 0 Å². The zero-order chi connectivity index (χ0) is 12.8. The van der Waals surface area contributed by atoms with Gasteiger partial charge < -0.3 is 15.3 Å². The molecule has 1 heterocycles. The number of aliphatic hydroxyl groups is 1. The fraction of sp³-hybridized carbons (Fsp3) is 1.00. The van der Waals surface area contributed by atoms with Crippen molar-refractivity contribution in [2.24, 2.45) is 5.92 Å². The molecule has 0 bridgehead atoms. The molecule has 0 amide bonds. The zero-order valence-electron chi connectivity index (χ0n) is 11.8. The smallest absolute Gasteiger partial charge is 0.0597 e.